The Balaban J connectivity index is 1.92. The zero-order chi connectivity index (χ0) is 14.0. The molecule has 0 unspecified atom stereocenters. The summed E-state index contributed by atoms with van der Waals surface area (Å²) in [6, 6.07) is 3.67. The Morgan fingerprint density at radius 1 is 1.35 bits per heavy atom. The number of furan rings is 1. The Labute approximate surface area is 117 Å². The van der Waals surface area contributed by atoms with Crippen LogP contribution in [-0.4, -0.2) is 21.6 Å². The molecule has 2 aromatic rings. The van der Waals surface area contributed by atoms with Gasteiger partial charge in [-0.3, -0.25) is 4.79 Å². The van der Waals surface area contributed by atoms with E-state index in [1.807, 2.05) is 12.1 Å². The standard InChI is InChI=1S/C15H18N2O3/c18-13(19)10-15(6-2-1-3-7-15)17-14-11-5-9-20-12(11)4-8-16-14/h4-5,8-9H,1-3,6-7,10H2,(H,16,17)(H,18,19). The van der Waals surface area contributed by atoms with Crippen molar-refractivity contribution >= 4 is 22.8 Å². The van der Waals surface area contributed by atoms with Gasteiger partial charge in [-0.2, -0.15) is 0 Å². The maximum atomic E-state index is 11.2. The number of carboxylic acid groups (broad SMARTS) is 1. The van der Waals surface area contributed by atoms with Gasteiger partial charge in [-0.1, -0.05) is 19.3 Å². The summed E-state index contributed by atoms with van der Waals surface area (Å²) in [6.45, 7) is 0. The number of hydrogen-bond acceptors (Lipinski definition) is 4. The number of rotatable bonds is 4. The lowest BCUT2D eigenvalue weighted by Crippen LogP contribution is -2.42. The summed E-state index contributed by atoms with van der Waals surface area (Å²) >= 11 is 0. The van der Waals surface area contributed by atoms with Gasteiger partial charge in [0.1, 0.15) is 11.4 Å². The zero-order valence-electron chi connectivity index (χ0n) is 11.3. The molecule has 106 valence electrons. The molecule has 5 heteroatoms. The average Bonchev–Trinajstić information content (AvgIpc) is 2.88. The van der Waals surface area contributed by atoms with Gasteiger partial charge in [-0.25, -0.2) is 4.98 Å². The minimum absolute atomic E-state index is 0.128. The molecule has 3 rings (SSSR count). The lowest BCUT2D eigenvalue weighted by Gasteiger charge is -2.37. The van der Waals surface area contributed by atoms with Gasteiger partial charge < -0.3 is 14.8 Å². The van der Waals surface area contributed by atoms with Crippen LogP contribution in [0.5, 0.6) is 0 Å². The molecule has 0 atom stereocenters. The summed E-state index contributed by atoms with van der Waals surface area (Å²) in [5, 5.41) is 13.5. The van der Waals surface area contributed by atoms with Crippen molar-refractivity contribution in [1.29, 1.82) is 0 Å². The molecule has 0 aromatic carbocycles. The maximum Gasteiger partial charge on any atom is 0.305 e. The van der Waals surface area contributed by atoms with Crippen LogP contribution in [0.1, 0.15) is 38.5 Å². The van der Waals surface area contributed by atoms with Crippen LogP contribution in [0.15, 0.2) is 29.0 Å². The second kappa shape index (κ2) is 5.15. The normalized spacial score (nSPS) is 18.0. The first-order valence-corrected chi connectivity index (χ1v) is 7.01. The topological polar surface area (TPSA) is 75.4 Å². The monoisotopic (exact) mass is 274 g/mol. The van der Waals surface area contributed by atoms with E-state index in [4.69, 9.17) is 4.42 Å². The third-order valence-electron chi connectivity index (χ3n) is 4.06. The van der Waals surface area contributed by atoms with Crippen LogP contribution in [-0.2, 0) is 4.79 Å². The number of nitrogens with zero attached hydrogens (tertiary/aromatic N) is 1. The summed E-state index contributed by atoms with van der Waals surface area (Å²) in [4.78, 5) is 15.6. The molecule has 0 aliphatic heterocycles. The third-order valence-corrected chi connectivity index (χ3v) is 4.06. The van der Waals surface area contributed by atoms with Crippen LogP contribution in [0.2, 0.25) is 0 Å². The minimum Gasteiger partial charge on any atom is -0.481 e. The van der Waals surface area contributed by atoms with Gasteiger partial charge in [-0.15, -0.1) is 0 Å². The van der Waals surface area contributed by atoms with Crippen LogP contribution in [0.3, 0.4) is 0 Å². The van der Waals surface area contributed by atoms with E-state index in [-0.39, 0.29) is 12.0 Å². The lowest BCUT2D eigenvalue weighted by molar-refractivity contribution is -0.138. The fraction of sp³-hybridized carbons (Fsp3) is 0.467. The molecule has 2 heterocycles. The molecule has 0 bridgehead atoms. The summed E-state index contributed by atoms with van der Waals surface area (Å²) < 4.78 is 5.37. The van der Waals surface area contributed by atoms with Crippen molar-refractivity contribution in [3.05, 3.63) is 24.6 Å². The van der Waals surface area contributed by atoms with E-state index in [2.05, 4.69) is 10.3 Å². The van der Waals surface area contributed by atoms with Crippen molar-refractivity contribution in [1.82, 2.24) is 4.98 Å². The van der Waals surface area contributed by atoms with E-state index in [0.29, 0.717) is 0 Å². The Hall–Kier alpha value is -2.04. The van der Waals surface area contributed by atoms with Gasteiger partial charge in [-0.05, 0) is 25.0 Å². The van der Waals surface area contributed by atoms with Crippen molar-refractivity contribution in [2.45, 2.75) is 44.1 Å². The van der Waals surface area contributed by atoms with Gasteiger partial charge in [0, 0.05) is 11.7 Å². The first kappa shape index (κ1) is 13.0. The molecule has 0 spiro atoms. The molecule has 1 saturated carbocycles. The summed E-state index contributed by atoms with van der Waals surface area (Å²) in [7, 11) is 0. The molecule has 2 aromatic heterocycles. The van der Waals surface area contributed by atoms with Gasteiger partial charge in [0.15, 0.2) is 0 Å². The van der Waals surface area contributed by atoms with E-state index in [1.54, 1.807) is 12.5 Å². The number of fused-ring (bicyclic) bond motifs is 1. The summed E-state index contributed by atoms with van der Waals surface area (Å²) in [5.74, 6) is -0.0434. The van der Waals surface area contributed by atoms with Crippen molar-refractivity contribution < 1.29 is 14.3 Å². The number of carbonyl (C=O) groups is 1. The van der Waals surface area contributed by atoms with Crippen LogP contribution >= 0.6 is 0 Å². The Bertz CT molecular complexity index is 614. The van der Waals surface area contributed by atoms with Crippen molar-refractivity contribution in [2.75, 3.05) is 5.32 Å². The first-order chi connectivity index (χ1) is 9.69. The highest BCUT2D eigenvalue weighted by Crippen LogP contribution is 2.35. The predicted octanol–water partition coefficient (Wildman–Crippen LogP) is 3.42. The number of anilines is 1. The molecule has 1 aliphatic carbocycles. The highest BCUT2D eigenvalue weighted by molar-refractivity contribution is 5.88. The number of aromatic nitrogens is 1. The van der Waals surface area contributed by atoms with E-state index >= 15 is 0 Å². The zero-order valence-corrected chi connectivity index (χ0v) is 11.3. The molecular weight excluding hydrogens is 256 g/mol. The summed E-state index contributed by atoms with van der Waals surface area (Å²) in [5.41, 5.74) is 0.381. The van der Waals surface area contributed by atoms with E-state index in [9.17, 15) is 9.90 Å². The molecule has 5 nitrogen and oxygen atoms in total. The Morgan fingerprint density at radius 2 is 2.15 bits per heavy atom. The molecule has 1 fully saturated rings. The fourth-order valence-electron chi connectivity index (χ4n) is 3.11. The molecule has 0 saturated heterocycles. The third kappa shape index (κ3) is 2.48. The van der Waals surface area contributed by atoms with E-state index < -0.39 is 5.97 Å². The molecule has 1 aliphatic rings. The highest BCUT2D eigenvalue weighted by Gasteiger charge is 2.35. The Kier molecular flexibility index (Phi) is 3.34. The maximum absolute atomic E-state index is 11.2. The minimum atomic E-state index is -0.765. The molecule has 0 amide bonds. The van der Waals surface area contributed by atoms with Gasteiger partial charge in [0.2, 0.25) is 0 Å². The first-order valence-electron chi connectivity index (χ1n) is 7.01. The molecule has 2 N–H and O–H groups in total. The summed E-state index contributed by atoms with van der Waals surface area (Å²) in [6.07, 6.45) is 8.47. The van der Waals surface area contributed by atoms with Crippen molar-refractivity contribution in [3.63, 3.8) is 0 Å². The number of aliphatic carboxylic acids is 1. The van der Waals surface area contributed by atoms with Crippen molar-refractivity contribution in [3.8, 4) is 0 Å². The van der Waals surface area contributed by atoms with Gasteiger partial charge in [0.05, 0.1) is 18.1 Å². The molecule has 0 radical (unpaired) electrons. The van der Waals surface area contributed by atoms with Crippen LogP contribution in [0, 0.1) is 0 Å². The molecule has 20 heavy (non-hydrogen) atoms. The second-order valence-corrected chi connectivity index (χ2v) is 5.53. The van der Waals surface area contributed by atoms with E-state index in [1.165, 1.54) is 6.42 Å². The second-order valence-electron chi connectivity index (χ2n) is 5.53. The number of hydrogen-bond donors (Lipinski definition) is 2. The van der Waals surface area contributed by atoms with Crippen LogP contribution in [0.4, 0.5) is 5.82 Å². The largest absolute Gasteiger partial charge is 0.481 e. The highest BCUT2D eigenvalue weighted by atomic mass is 16.4. The Morgan fingerprint density at radius 3 is 2.90 bits per heavy atom. The molecular formula is C15H18N2O3. The predicted molar refractivity (Wildman–Crippen MR) is 75.7 cm³/mol. The fourth-order valence-corrected chi connectivity index (χ4v) is 3.11. The smallest absolute Gasteiger partial charge is 0.305 e. The van der Waals surface area contributed by atoms with E-state index in [0.717, 1.165) is 42.5 Å². The quantitative estimate of drug-likeness (QED) is 0.893. The van der Waals surface area contributed by atoms with Gasteiger partial charge >= 0.3 is 5.97 Å². The SMILES string of the molecule is O=C(O)CC1(Nc2nccc3occc23)CCCCC1. The van der Waals surface area contributed by atoms with Crippen LogP contribution < -0.4 is 5.32 Å². The van der Waals surface area contributed by atoms with Gasteiger partial charge in [0.25, 0.3) is 0 Å². The number of nitrogens with one attached hydrogen (secondary N) is 1. The number of pyridine rings is 1. The van der Waals surface area contributed by atoms with Crippen molar-refractivity contribution in [2.24, 2.45) is 0 Å². The lowest BCUT2D eigenvalue weighted by atomic mass is 9.79. The van der Waals surface area contributed by atoms with Crippen LogP contribution in [0.25, 0.3) is 11.0 Å². The average molecular weight is 274 g/mol. The number of carboxylic acids is 1.